The number of nitrogens with zero attached hydrogens (tertiary/aromatic N) is 1. The molecule has 1 aromatic carbocycles. The van der Waals surface area contributed by atoms with Crippen LogP contribution in [0.3, 0.4) is 0 Å². The molecule has 0 aliphatic heterocycles. The summed E-state index contributed by atoms with van der Waals surface area (Å²) in [4.78, 5) is 0. The van der Waals surface area contributed by atoms with E-state index in [0.717, 1.165) is 11.3 Å². The lowest BCUT2D eigenvalue weighted by atomic mass is 10.1. The predicted octanol–water partition coefficient (Wildman–Crippen LogP) is 2.76. The number of alkyl halides is 1. The monoisotopic (exact) mass is 209 g/mol. The van der Waals surface area contributed by atoms with Gasteiger partial charge in [0.25, 0.3) is 0 Å². The molecule has 0 heterocycles. The minimum atomic E-state index is -0.451. The lowest BCUT2D eigenvalue weighted by Gasteiger charge is -2.04. The Balaban J connectivity index is 2.60. The molecule has 0 aromatic heterocycles. The first-order valence-electron chi connectivity index (χ1n) is 4.51. The van der Waals surface area contributed by atoms with Gasteiger partial charge in [-0.2, -0.15) is 5.26 Å². The number of hydrogen-bond acceptors (Lipinski definition) is 2. The average Bonchev–Trinajstić information content (AvgIpc) is 2.21. The minimum Gasteiger partial charge on any atom is -0.494 e. The highest BCUT2D eigenvalue weighted by atomic mass is 35.5. The van der Waals surface area contributed by atoms with Gasteiger partial charge in [-0.25, -0.2) is 0 Å². The van der Waals surface area contributed by atoms with Crippen LogP contribution in [0.5, 0.6) is 5.75 Å². The molecule has 0 saturated carbocycles. The minimum absolute atomic E-state index is 0.451. The molecule has 0 aliphatic carbocycles. The van der Waals surface area contributed by atoms with Crippen LogP contribution in [0.1, 0.15) is 12.5 Å². The van der Waals surface area contributed by atoms with Crippen molar-refractivity contribution in [1.29, 1.82) is 5.26 Å². The van der Waals surface area contributed by atoms with Crippen LogP contribution in [-0.4, -0.2) is 12.0 Å². The zero-order valence-corrected chi connectivity index (χ0v) is 8.79. The van der Waals surface area contributed by atoms with Crippen molar-refractivity contribution in [2.24, 2.45) is 0 Å². The van der Waals surface area contributed by atoms with Gasteiger partial charge in [0.2, 0.25) is 0 Å². The zero-order valence-electron chi connectivity index (χ0n) is 8.03. The molecular formula is C11H12ClNO. The maximum atomic E-state index is 8.53. The largest absolute Gasteiger partial charge is 0.494 e. The van der Waals surface area contributed by atoms with Crippen LogP contribution in [0.25, 0.3) is 0 Å². The Morgan fingerprint density at radius 3 is 2.57 bits per heavy atom. The SMILES string of the molecule is CCOc1ccc(C[C@@H](Cl)C#N)cc1. The van der Waals surface area contributed by atoms with E-state index in [1.54, 1.807) is 0 Å². The van der Waals surface area contributed by atoms with E-state index in [2.05, 4.69) is 0 Å². The fourth-order valence-electron chi connectivity index (χ4n) is 1.14. The molecule has 0 bridgehead atoms. The standard InChI is InChI=1S/C11H12ClNO/c1-2-14-11-5-3-9(4-6-11)7-10(12)8-13/h3-6,10H,2,7H2,1H3/t10-/m1/s1. The molecule has 0 saturated heterocycles. The number of nitriles is 1. The van der Waals surface area contributed by atoms with Crippen LogP contribution in [0.2, 0.25) is 0 Å². The van der Waals surface area contributed by atoms with Crippen molar-refractivity contribution in [3.8, 4) is 11.8 Å². The number of halogens is 1. The van der Waals surface area contributed by atoms with E-state index in [1.807, 2.05) is 37.3 Å². The van der Waals surface area contributed by atoms with E-state index in [4.69, 9.17) is 21.6 Å². The van der Waals surface area contributed by atoms with Crippen molar-refractivity contribution >= 4 is 11.6 Å². The second kappa shape index (κ2) is 5.51. The number of benzene rings is 1. The molecule has 0 amide bonds. The Bertz CT molecular complexity index is 315. The molecule has 0 unspecified atom stereocenters. The molecule has 0 radical (unpaired) electrons. The van der Waals surface area contributed by atoms with E-state index in [9.17, 15) is 0 Å². The molecule has 0 N–H and O–H groups in total. The molecule has 74 valence electrons. The number of ether oxygens (including phenoxy) is 1. The molecule has 2 nitrogen and oxygen atoms in total. The smallest absolute Gasteiger partial charge is 0.124 e. The van der Waals surface area contributed by atoms with E-state index in [0.29, 0.717) is 13.0 Å². The van der Waals surface area contributed by atoms with Gasteiger partial charge in [-0.3, -0.25) is 0 Å². The van der Waals surface area contributed by atoms with Crippen molar-refractivity contribution in [3.05, 3.63) is 29.8 Å². The molecule has 0 spiro atoms. The third-order valence-electron chi connectivity index (χ3n) is 1.79. The van der Waals surface area contributed by atoms with Crippen LogP contribution >= 0.6 is 11.6 Å². The highest BCUT2D eigenvalue weighted by molar-refractivity contribution is 6.22. The molecular weight excluding hydrogens is 198 g/mol. The van der Waals surface area contributed by atoms with Gasteiger partial charge < -0.3 is 4.74 Å². The molecule has 14 heavy (non-hydrogen) atoms. The molecule has 1 atom stereocenters. The summed E-state index contributed by atoms with van der Waals surface area (Å²) in [7, 11) is 0. The van der Waals surface area contributed by atoms with E-state index in [-0.39, 0.29) is 0 Å². The summed E-state index contributed by atoms with van der Waals surface area (Å²) in [6.45, 7) is 2.61. The summed E-state index contributed by atoms with van der Waals surface area (Å²) < 4.78 is 5.29. The fraction of sp³-hybridized carbons (Fsp3) is 0.364. The van der Waals surface area contributed by atoms with E-state index >= 15 is 0 Å². The van der Waals surface area contributed by atoms with Crippen molar-refractivity contribution in [1.82, 2.24) is 0 Å². The average molecular weight is 210 g/mol. The van der Waals surface area contributed by atoms with Gasteiger partial charge in [0.15, 0.2) is 0 Å². The van der Waals surface area contributed by atoms with Gasteiger partial charge in [0, 0.05) is 6.42 Å². The molecule has 1 aromatic rings. The lowest BCUT2D eigenvalue weighted by Crippen LogP contribution is -1.99. The van der Waals surface area contributed by atoms with Gasteiger partial charge in [0.1, 0.15) is 11.1 Å². The normalized spacial score (nSPS) is 11.8. The number of hydrogen-bond donors (Lipinski definition) is 0. The summed E-state index contributed by atoms with van der Waals surface area (Å²) >= 11 is 5.71. The zero-order chi connectivity index (χ0) is 10.4. The Kier molecular flexibility index (Phi) is 4.28. The fourth-order valence-corrected chi connectivity index (χ4v) is 1.32. The van der Waals surface area contributed by atoms with Crippen molar-refractivity contribution < 1.29 is 4.74 Å². The first kappa shape index (κ1) is 10.9. The van der Waals surface area contributed by atoms with Gasteiger partial charge in [0.05, 0.1) is 12.7 Å². The van der Waals surface area contributed by atoms with Gasteiger partial charge >= 0.3 is 0 Å². The molecule has 1 rings (SSSR count). The summed E-state index contributed by atoms with van der Waals surface area (Å²) in [5.74, 6) is 0.847. The van der Waals surface area contributed by atoms with Crippen LogP contribution in [-0.2, 0) is 6.42 Å². The second-order valence-corrected chi connectivity index (χ2v) is 3.40. The topological polar surface area (TPSA) is 33.0 Å². The summed E-state index contributed by atoms with van der Waals surface area (Å²) in [6, 6.07) is 9.62. The highest BCUT2D eigenvalue weighted by Crippen LogP contribution is 2.14. The first-order valence-corrected chi connectivity index (χ1v) is 4.95. The first-order chi connectivity index (χ1) is 6.76. The maximum absolute atomic E-state index is 8.53. The molecule has 0 fully saturated rings. The van der Waals surface area contributed by atoms with E-state index in [1.165, 1.54) is 0 Å². The third-order valence-corrected chi connectivity index (χ3v) is 2.04. The van der Waals surface area contributed by atoms with Crippen LogP contribution in [0, 0.1) is 11.3 Å². The quantitative estimate of drug-likeness (QED) is 0.715. The summed E-state index contributed by atoms with van der Waals surface area (Å²) in [5.41, 5.74) is 1.05. The van der Waals surface area contributed by atoms with Crippen LogP contribution in [0.4, 0.5) is 0 Å². The number of rotatable bonds is 4. The van der Waals surface area contributed by atoms with Crippen molar-refractivity contribution in [3.63, 3.8) is 0 Å². The Labute approximate surface area is 89.1 Å². The maximum Gasteiger partial charge on any atom is 0.124 e. The summed E-state index contributed by atoms with van der Waals surface area (Å²) in [6.07, 6.45) is 0.574. The van der Waals surface area contributed by atoms with Gasteiger partial charge in [-0.05, 0) is 24.6 Å². The Morgan fingerprint density at radius 2 is 2.07 bits per heavy atom. The van der Waals surface area contributed by atoms with Gasteiger partial charge in [-0.15, -0.1) is 11.6 Å². The Morgan fingerprint density at radius 1 is 1.43 bits per heavy atom. The molecule has 3 heteroatoms. The van der Waals surface area contributed by atoms with E-state index < -0.39 is 5.38 Å². The second-order valence-electron chi connectivity index (χ2n) is 2.88. The van der Waals surface area contributed by atoms with Crippen LogP contribution < -0.4 is 4.74 Å². The lowest BCUT2D eigenvalue weighted by molar-refractivity contribution is 0.340. The summed E-state index contributed by atoms with van der Waals surface area (Å²) in [5, 5.41) is 8.08. The third kappa shape index (κ3) is 3.27. The van der Waals surface area contributed by atoms with Gasteiger partial charge in [-0.1, -0.05) is 12.1 Å². The van der Waals surface area contributed by atoms with Crippen LogP contribution in [0.15, 0.2) is 24.3 Å². The molecule has 0 aliphatic rings. The Hall–Kier alpha value is -1.20. The van der Waals surface area contributed by atoms with Crippen molar-refractivity contribution in [2.75, 3.05) is 6.61 Å². The predicted molar refractivity (Wildman–Crippen MR) is 56.6 cm³/mol. The highest BCUT2D eigenvalue weighted by Gasteiger charge is 2.03. The van der Waals surface area contributed by atoms with Crippen molar-refractivity contribution in [2.45, 2.75) is 18.7 Å².